The fourth-order valence-electron chi connectivity index (χ4n) is 2.96. The van der Waals surface area contributed by atoms with Gasteiger partial charge in [-0.15, -0.1) is 0 Å². The summed E-state index contributed by atoms with van der Waals surface area (Å²) < 4.78 is 5.40. The molecule has 3 rings (SSSR count). The zero-order valence-electron chi connectivity index (χ0n) is 13.5. The molecular weight excluding hydrogens is 278 g/mol. The maximum Gasteiger partial charge on any atom is 0.194 e. The van der Waals surface area contributed by atoms with Crippen LogP contribution in [0.4, 0.5) is 5.69 Å². The van der Waals surface area contributed by atoms with Crippen molar-refractivity contribution in [2.45, 2.75) is 13.5 Å². The number of hydrogen-bond donors (Lipinski definition) is 1. The number of fused-ring (bicyclic) bond motifs is 1. The molecule has 0 aliphatic carbocycles. The van der Waals surface area contributed by atoms with E-state index in [0.717, 1.165) is 54.2 Å². The Morgan fingerprint density at radius 1 is 1.27 bits per heavy atom. The normalized spacial score (nSPS) is 15.7. The van der Waals surface area contributed by atoms with Crippen LogP contribution in [0.25, 0.3) is 10.9 Å². The molecule has 0 unspecified atom stereocenters. The zero-order valence-corrected chi connectivity index (χ0v) is 13.5. The van der Waals surface area contributed by atoms with Gasteiger partial charge in [0.2, 0.25) is 0 Å². The summed E-state index contributed by atoms with van der Waals surface area (Å²) in [5.41, 5.74) is 3.93. The van der Waals surface area contributed by atoms with Crippen molar-refractivity contribution in [3.8, 4) is 0 Å². The van der Waals surface area contributed by atoms with E-state index in [9.17, 15) is 4.79 Å². The molecule has 0 amide bonds. The molecule has 1 aliphatic heterocycles. The molecule has 1 aromatic carbocycles. The Balaban J connectivity index is 2.08. The second kappa shape index (κ2) is 6.10. The first kappa shape index (κ1) is 15.1. The summed E-state index contributed by atoms with van der Waals surface area (Å²) >= 11 is 0. The number of aryl methyl sites for hydroxylation is 1. The number of benzene rings is 1. The van der Waals surface area contributed by atoms with Gasteiger partial charge in [-0.25, -0.2) is 0 Å². The van der Waals surface area contributed by atoms with Gasteiger partial charge in [-0.05, 0) is 39.2 Å². The number of hydrogen-bond acceptors (Lipinski definition) is 4. The van der Waals surface area contributed by atoms with E-state index in [4.69, 9.17) is 4.74 Å². The highest BCUT2D eigenvalue weighted by atomic mass is 16.5. The predicted molar refractivity (Wildman–Crippen MR) is 89.7 cm³/mol. The molecule has 0 radical (unpaired) electrons. The van der Waals surface area contributed by atoms with Gasteiger partial charge >= 0.3 is 0 Å². The number of nitrogens with one attached hydrogen (secondary N) is 1. The van der Waals surface area contributed by atoms with E-state index in [1.165, 1.54) is 0 Å². The molecule has 22 heavy (non-hydrogen) atoms. The van der Waals surface area contributed by atoms with Crippen LogP contribution < -0.4 is 10.3 Å². The van der Waals surface area contributed by atoms with Gasteiger partial charge in [-0.1, -0.05) is 0 Å². The maximum atomic E-state index is 12.8. The van der Waals surface area contributed by atoms with E-state index < -0.39 is 0 Å². The standard InChI is InChI=1S/C17H23N3O2/c1-12-15(11-19(2)3)17(21)14-10-13(4-5-16(14)18-12)20-6-8-22-9-7-20/h4-5,10H,6-9,11H2,1-3H3,(H,18,21). The molecule has 1 saturated heterocycles. The highest BCUT2D eigenvalue weighted by molar-refractivity contribution is 5.83. The monoisotopic (exact) mass is 301 g/mol. The molecule has 2 heterocycles. The minimum absolute atomic E-state index is 0.134. The number of rotatable bonds is 3. The molecule has 0 atom stereocenters. The van der Waals surface area contributed by atoms with Gasteiger partial charge in [0, 0.05) is 47.5 Å². The van der Waals surface area contributed by atoms with Gasteiger partial charge in [0.05, 0.1) is 13.2 Å². The zero-order chi connectivity index (χ0) is 15.7. The van der Waals surface area contributed by atoms with Crippen molar-refractivity contribution in [3.63, 3.8) is 0 Å². The Hall–Kier alpha value is -1.85. The van der Waals surface area contributed by atoms with E-state index in [1.807, 2.05) is 38.1 Å². The third-order valence-electron chi connectivity index (χ3n) is 4.15. The van der Waals surface area contributed by atoms with Crippen molar-refractivity contribution in [2.24, 2.45) is 0 Å². The minimum atomic E-state index is 0.134. The topological polar surface area (TPSA) is 48.6 Å². The minimum Gasteiger partial charge on any atom is -0.378 e. The van der Waals surface area contributed by atoms with Crippen LogP contribution in [0.15, 0.2) is 23.0 Å². The Bertz CT molecular complexity index is 730. The fourth-order valence-corrected chi connectivity index (χ4v) is 2.96. The lowest BCUT2D eigenvalue weighted by Crippen LogP contribution is -2.36. The smallest absolute Gasteiger partial charge is 0.194 e. The number of morpholine rings is 1. The Morgan fingerprint density at radius 3 is 2.68 bits per heavy atom. The lowest BCUT2D eigenvalue weighted by atomic mass is 10.1. The number of ether oxygens (including phenoxy) is 1. The molecule has 118 valence electrons. The summed E-state index contributed by atoms with van der Waals surface area (Å²) in [5.74, 6) is 0. The van der Waals surface area contributed by atoms with Crippen molar-refractivity contribution >= 4 is 16.6 Å². The van der Waals surface area contributed by atoms with Gasteiger partial charge in [-0.2, -0.15) is 0 Å². The lowest BCUT2D eigenvalue weighted by Gasteiger charge is -2.29. The summed E-state index contributed by atoms with van der Waals surface area (Å²) in [6.07, 6.45) is 0. The molecule has 1 aliphatic rings. The van der Waals surface area contributed by atoms with Crippen LogP contribution in [0.5, 0.6) is 0 Å². The number of pyridine rings is 1. The van der Waals surface area contributed by atoms with Gasteiger partial charge in [-0.3, -0.25) is 4.79 Å². The molecule has 1 aromatic heterocycles. The van der Waals surface area contributed by atoms with E-state index in [2.05, 4.69) is 16.0 Å². The maximum absolute atomic E-state index is 12.8. The van der Waals surface area contributed by atoms with Crippen molar-refractivity contribution in [1.29, 1.82) is 0 Å². The second-order valence-corrected chi connectivity index (χ2v) is 6.12. The average Bonchev–Trinajstić information content (AvgIpc) is 2.52. The second-order valence-electron chi connectivity index (χ2n) is 6.12. The van der Waals surface area contributed by atoms with Crippen LogP contribution in [0.2, 0.25) is 0 Å². The van der Waals surface area contributed by atoms with E-state index >= 15 is 0 Å². The first-order valence-corrected chi connectivity index (χ1v) is 7.69. The number of anilines is 1. The molecule has 5 nitrogen and oxygen atoms in total. The molecular formula is C17H23N3O2. The molecule has 0 bridgehead atoms. The van der Waals surface area contributed by atoms with Crippen molar-refractivity contribution in [2.75, 3.05) is 45.3 Å². The van der Waals surface area contributed by atoms with Crippen LogP contribution in [0.3, 0.4) is 0 Å². The highest BCUT2D eigenvalue weighted by Crippen LogP contribution is 2.21. The summed E-state index contributed by atoms with van der Waals surface area (Å²) in [4.78, 5) is 20.5. The SMILES string of the molecule is Cc1[nH]c2ccc(N3CCOCC3)cc2c(=O)c1CN(C)C. The number of nitrogens with zero attached hydrogens (tertiary/aromatic N) is 2. The first-order valence-electron chi connectivity index (χ1n) is 7.69. The van der Waals surface area contributed by atoms with Crippen LogP contribution in [0, 0.1) is 6.92 Å². The van der Waals surface area contributed by atoms with Crippen LogP contribution in [-0.4, -0.2) is 50.3 Å². The average molecular weight is 301 g/mol. The van der Waals surface area contributed by atoms with Gasteiger partial charge in [0.25, 0.3) is 0 Å². The Labute approximate surface area is 130 Å². The largest absolute Gasteiger partial charge is 0.378 e. The third kappa shape index (κ3) is 2.87. The Kier molecular flexibility index (Phi) is 4.18. The highest BCUT2D eigenvalue weighted by Gasteiger charge is 2.14. The number of aromatic nitrogens is 1. The quantitative estimate of drug-likeness (QED) is 0.938. The molecule has 1 fully saturated rings. The molecule has 2 aromatic rings. The van der Waals surface area contributed by atoms with E-state index in [1.54, 1.807) is 0 Å². The lowest BCUT2D eigenvalue weighted by molar-refractivity contribution is 0.122. The number of aromatic amines is 1. The first-order chi connectivity index (χ1) is 10.6. The van der Waals surface area contributed by atoms with E-state index in [0.29, 0.717) is 6.54 Å². The third-order valence-corrected chi connectivity index (χ3v) is 4.15. The summed E-state index contributed by atoms with van der Waals surface area (Å²) in [6.45, 7) is 5.86. The van der Waals surface area contributed by atoms with Crippen molar-refractivity contribution < 1.29 is 4.74 Å². The van der Waals surface area contributed by atoms with Gasteiger partial charge in [0.1, 0.15) is 0 Å². The fraction of sp³-hybridized carbons (Fsp3) is 0.471. The molecule has 5 heteroatoms. The van der Waals surface area contributed by atoms with Crippen LogP contribution in [-0.2, 0) is 11.3 Å². The predicted octanol–water partition coefficient (Wildman–Crippen LogP) is 1.73. The molecule has 0 spiro atoms. The van der Waals surface area contributed by atoms with E-state index in [-0.39, 0.29) is 5.43 Å². The van der Waals surface area contributed by atoms with Crippen molar-refractivity contribution in [1.82, 2.24) is 9.88 Å². The molecule has 0 saturated carbocycles. The Morgan fingerprint density at radius 2 is 2.00 bits per heavy atom. The summed E-state index contributed by atoms with van der Waals surface area (Å²) in [6, 6.07) is 6.10. The summed E-state index contributed by atoms with van der Waals surface area (Å²) in [5, 5.41) is 0.770. The van der Waals surface area contributed by atoms with Gasteiger partial charge < -0.3 is 19.5 Å². The number of H-pyrrole nitrogens is 1. The van der Waals surface area contributed by atoms with Crippen LogP contribution >= 0.6 is 0 Å². The van der Waals surface area contributed by atoms with Gasteiger partial charge in [0.15, 0.2) is 5.43 Å². The summed E-state index contributed by atoms with van der Waals surface area (Å²) in [7, 11) is 3.96. The van der Waals surface area contributed by atoms with Crippen molar-refractivity contribution in [3.05, 3.63) is 39.7 Å². The molecule has 1 N–H and O–H groups in total. The van der Waals surface area contributed by atoms with Crippen LogP contribution in [0.1, 0.15) is 11.3 Å².